The van der Waals surface area contributed by atoms with E-state index in [-0.39, 0.29) is 0 Å². The van der Waals surface area contributed by atoms with Crippen LogP contribution in [0.15, 0.2) is 0 Å². The van der Waals surface area contributed by atoms with Gasteiger partial charge in [0, 0.05) is 0 Å². The summed E-state index contributed by atoms with van der Waals surface area (Å²) in [5, 5.41) is 0. The van der Waals surface area contributed by atoms with Crippen LogP contribution in [0.4, 0.5) is 0 Å². The molecule has 0 atom stereocenters. The van der Waals surface area contributed by atoms with Gasteiger partial charge in [-0.2, -0.15) is 0 Å². The van der Waals surface area contributed by atoms with Gasteiger partial charge in [0.1, 0.15) is 0 Å². The van der Waals surface area contributed by atoms with Crippen molar-refractivity contribution in [3.05, 3.63) is 0 Å². The van der Waals surface area contributed by atoms with E-state index in [1.54, 1.807) is 8.87 Å². The van der Waals surface area contributed by atoms with Crippen molar-refractivity contribution < 1.29 is 0 Å². The second-order valence-electron chi connectivity index (χ2n) is 2.88. The van der Waals surface area contributed by atoms with E-state index < -0.39 is 15.8 Å². The van der Waals surface area contributed by atoms with Gasteiger partial charge in [0.05, 0.1) is 0 Å². The fraction of sp³-hybridized carbons (Fsp3) is 1.00. The Bertz CT molecular complexity index is 58.3. The third-order valence-electron chi connectivity index (χ3n) is 1.74. The summed E-state index contributed by atoms with van der Waals surface area (Å²) < 4.78 is 3.28. The number of hydrogen-bond acceptors (Lipinski definition) is 0. The SMILES string of the molecule is CCC[CH2][SnH]([I])[CH2]CCC. The van der Waals surface area contributed by atoms with Crippen molar-refractivity contribution in [1.82, 2.24) is 0 Å². The molecule has 0 N–H and O–H groups in total. The molecule has 0 aromatic rings. The first-order valence-electron chi connectivity index (χ1n) is 4.45. The van der Waals surface area contributed by atoms with Crippen LogP contribution in [0.1, 0.15) is 39.5 Å². The summed E-state index contributed by atoms with van der Waals surface area (Å²) in [6.45, 7) is 4.60. The zero-order chi connectivity index (χ0) is 7.82. The Hall–Kier alpha value is 1.53. The standard InChI is InChI=1S/2C4H9.HI.Sn.H/c2*1-3-4-2;;;/h2*1,3-4H2,2H3;1H;;/q;;;+1;/p-1. The molecule has 0 spiro atoms. The Kier molecular flexibility index (Phi) is 9.94. The number of halogens is 1. The molecule has 0 heterocycles. The number of unbranched alkanes of at least 4 members (excludes halogenated alkanes) is 2. The molecule has 0 nitrogen and oxygen atoms in total. The van der Waals surface area contributed by atoms with Gasteiger partial charge in [-0.1, -0.05) is 0 Å². The molecule has 0 aromatic carbocycles. The van der Waals surface area contributed by atoms with Gasteiger partial charge in [-0.25, -0.2) is 0 Å². The molecule has 0 radical (unpaired) electrons. The molecule has 0 aliphatic carbocycles. The zero-order valence-corrected chi connectivity index (χ0v) is 12.7. The van der Waals surface area contributed by atoms with Gasteiger partial charge in [0.2, 0.25) is 0 Å². The van der Waals surface area contributed by atoms with Gasteiger partial charge in [0.25, 0.3) is 0 Å². The Morgan fingerprint density at radius 1 is 1.00 bits per heavy atom. The van der Waals surface area contributed by atoms with Crippen LogP contribution in [0.3, 0.4) is 0 Å². The fourth-order valence-electron chi connectivity index (χ4n) is 0.996. The predicted molar refractivity (Wildman–Crippen MR) is 60.6 cm³/mol. The quantitative estimate of drug-likeness (QED) is 0.500. The van der Waals surface area contributed by atoms with E-state index >= 15 is 0 Å². The third kappa shape index (κ3) is 7.63. The molecule has 0 aliphatic rings. The molecule has 0 aromatic heterocycles. The Morgan fingerprint density at radius 3 is 1.70 bits per heavy atom. The molecule has 0 aliphatic heterocycles. The van der Waals surface area contributed by atoms with Crippen molar-refractivity contribution in [2.24, 2.45) is 0 Å². The Balaban J connectivity index is 3.00. The first-order valence-corrected chi connectivity index (χ1v) is 18.7. The molecular formula is C8H19ISn. The van der Waals surface area contributed by atoms with Gasteiger partial charge < -0.3 is 0 Å². The summed E-state index contributed by atoms with van der Waals surface area (Å²) >= 11 is 1.91. The zero-order valence-electron chi connectivity index (χ0n) is 7.20. The maximum atomic E-state index is 2.80. The van der Waals surface area contributed by atoms with Crippen LogP contribution in [0.25, 0.3) is 0 Å². The van der Waals surface area contributed by atoms with Crippen LogP contribution in [0.2, 0.25) is 8.87 Å². The maximum absolute atomic E-state index is 2.80. The monoisotopic (exact) mass is 362 g/mol. The van der Waals surface area contributed by atoms with Crippen molar-refractivity contribution in [1.29, 1.82) is 0 Å². The molecule has 0 bridgehead atoms. The first kappa shape index (κ1) is 11.5. The minimum absolute atomic E-state index is 0.887. The van der Waals surface area contributed by atoms with E-state index in [4.69, 9.17) is 0 Å². The van der Waals surface area contributed by atoms with Crippen LogP contribution in [-0.2, 0) is 0 Å². The summed E-state index contributed by atoms with van der Waals surface area (Å²) in [4.78, 5) is 0. The second-order valence-corrected chi connectivity index (χ2v) is 21.4. The van der Waals surface area contributed by atoms with Crippen LogP contribution < -0.4 is 0 Å². The van der Waals surface area contributed by atoms with E-state index in [0.29, 0.717) is 0 Å². The van der Waals surface area contributed by atoms with Gasteiger partial charge in [0.15, 0.2) is 0 Å². The Morgan fingerprint density at radius 2 is 1.40 bits per heavy atom. The third-order valence-corrected chi connectivity index (χ3v) is 16.0. The van der Waals surface area contributed by atoms with Gasteiger partial charge in [-0.15, -0.1) is 0 Å². The molecule has 2 heteroatoms. The van der Waals surface area contributed by atoms with Crippen LogP contribution in [0.5, 0.6) is 0 Å². The van der Waals surface area contributed by atoms with Crippen LogP contribution in [0, 0.1) is 0 Å². The normalized spacial score (nSPS) is 10.8. The van der Waals surface area contributed by atoms with Crippen molar-refractivity contribution in [3.63, 3.8) is 0 Å². The Labute approximate surface area is 82.1 Å². The molecule has 0 rings (SSSR count). The van der Waals surface area contributed by atoms with Crippen molar-refractivity contribution >= 4 is 34.4 Å². The van der Waals surface area contributed by atoms with Crippen molar-refractivity contribution in [2.45, 2.75) is 48.4 Å². The molecule has 0 saturated heterocycles. The van der Waals surface area contributed by atoms with Gasteiger partial charge >= 0.3 is 82.8 Å². The molecule has 0 saturated carbocycles. The van der Waals surface area contributed by atoms with Crippen molar-refractivity contribution in [3.8, 4) is 0 Å². The molecule has 0 amide bonds. The van der Waals surface area contributed by atoms with Crippen LogP contribution >= 0.6 is 18.6 Å². The molecule has 0 fully saturated rings. The van der Waals surface area contributed by atoms with Gasteiger partial charge in [-0.05, 0) is 0 Å². The average Bonchev–Trinajstić information content (AvgIpc) is 1.97. The van der Waals surface area contributed by atoms with Crippen LogP contribution in [-0.4, -0.2) is 15.8 Å². The summed E-state index contributed by atoms with van der Waals surface area (Å²) in [5.41, 5.74) is 0. The van der Waals surface area contributed by atoms with E-state index in [2.05, 4.69) is 32.5 Å². The topological polar surface area (TPSA) is 0 Å². The van der Waals surface area contributed by atoms with E-state index in [1.807, 2.05) is 0 Å². The van der Waals surface area contributed by atoms with E-state index in [1.165, 1.54) is 25.7 Å². The molecule has 0 unspecified atom stereocenters. The summed E-state index contributed by atoms with van der Waals surface area (Å²) in [6.07, 6.45) is 5.83. The van der Waals surface area contributed by atoms with E-state index in [9.17, 15) is 0 Å². The van der Waals surface area contributed by atoms with Crippen molar-refractivity contribution in [2.75, 3.05) is 0 Å². The number of rotatable bonds is 6. The number of hydrogen-bond donors (Lipinski definition) is 0. The summed E-state index contributed by atoms with van der Waals surface area (Å²) in [5.74, 6) is 0. The molecular weight excluding hydrogens is 342 g/mol. The minimum atomic E-state index is -0.887. The molecule has 10 heavy (non-hydrogen) atoms. The first-order chi connectivity index (χ1) is 4.81. The fourth-order valence-corrected chi connectivity index (χ4v) is 12.6. The summed E-state index contributed by atoms with van der Waals surface area (Å²) in [6, 6.07) is 0. The average molecular weight is 361 g/mol. The second kappa shape index (κ2) is 8.62. The molecule has 62 valence electrons. The van der Waals surface area contributed by atoms with Gasteiger partial charge in [-0.3, -0.25) is 0 Å². The summed E-state index contributed by atoms with van der Waals surface area (Å²) in [7, 11) is 0. The van der Waals surface area contributed by atoms with E-state index in [0.717, 1.165) is 0 Å². The predicted octanol–water partition coefficient (Wildman–Crippen LogP) is 3.75.